The lowest BCUT2D eigenvalue weighted by molar-refractivity contribution is 0.793. The second-order valence-corrected chi connectivity index (χ2v) is 8.48. The Morgan fingerprint density at radius 2 is 1.22 bits per heavy atom. The van der Waals surface area contributed by atoms with Crippen LogP contribution in [0.25, 0.3) is 22.3 Å². The molecule has 0 amide bonds. The summed E-state index contributed by atoms with van der Waals surface area (Å²) in [4.78, 5) is 0. The third-order valence-electron chi connectivity index (χ3n) is 6.02. The van der Waals surface area contributed by atoms with Gasteiger partial charge in [-0.3, -0.25) is 0 Å². The lowest BCUT2D eigenvalue weighted by Crippen LogP contribution is -2.25. The van der Waals surface area contributed by atoms with Crippen LogP contribution in [-0.4, -0.2) is 0 Å². The molecule has 0 saturated heterocycles. The minimum absolute atomic E-state index is 0.313. The molecule has 0 heterocycles. The van der Waals surface area contributed by atoms with E-state index in [4.69, 9.17) is 11.6 Å². The predicted octanol–water partition coefficient (Wildman–Crippen LogP) is 7.45. The summed E-state index contributed by atoms with van der Waals surface area (Å²) < 4.78 is 1.14. The second kappa shape index (κ2) is 5.34. The van der Waals surface area contributed by atoms with Crippen molar-refractivity contribution in [3.8, 4) is 22.3 Å². The Bertz CT molecular complexity index is 1250. The molecule has 0 aliphatic heterocycles. The molecule has 0 aromatic heterocycles. The van der Waals surface area contributed by atoms with Crippen molar-refractivity contribution in [2.75, 3.05) is 0 Å². The smallest absolute Gasteiger partial charge is 0.0726 e. The molecule has 1 spiro atoms. The first-order chi connectivity index (χ1) is 13.2. The normalized spacial score (nSPS) is 18.1. The quantitative estimate of drug-likeness (QED) is 0.235. The summed E-state index contributed by atoms with van der Waals surface area (Å²) in [7, 11) is 0. The molecule has 4 aromatic rings. The van der Waals surface area contributed by atoms with Crippen LogP contribution in [-0.2, 0) is 5.41 Å². The summed E-state index contributed by atoms with van der Waals surface area (Å²) in [5.41, 5.74) is 10.1. The van der Waals surface area contributed by atoms with Gasteiger partial charge < -0.3 is 0 Å². The van der Waals surface area contributed by atoms with Gasteiger partial charge in [0.05, 0.1) is 5.41 Å². The first kappa shape index (κ1) is 15.7. The Kier molecular flexibility index (Phi) is 3.10. The molecule has 27 heavy (non-hydrogen) atoms. The first-order valence-corrected chi connectivity index (χ1v) is 10.2. The van der Waals surface area contributed by atoms with Gasteiger partial charge in [-0.15, -0.1) is 0 Å². The molecular weight excluding hydrogens is 416 g/mol. The van der Waals surface area contributed by atoms with E-state index in [1.54, 1.807) is 0 Å². The highest BCUT2D eigenvalue weighted by molar-refractivity contribution is 9.10. The standard InChI is InChI=1S/C25H14BrCl/c26-23-11-5-10-21-24(23)18-7-2-4-9-20(18)25(21)19-8-3-1-6-16(19)17-13-12-15(27)14-22(17)25/h1-14H. The minimum atomic E-state index is -0.313. The lowest BCUT2D eigenvalue weighted by atomic mass is 9.70. The van der Waals surface area contributed by atoms with E-state index in [1.807, 2.05) is 6.07 Å². The van der Waals surface area contributed by atoms with Gasteiger partial charge in [-0.25, -0.2) is 0 Å². The fraction of sp³-hybridized carbons (Fsp3) is 0.0400. The molecule has 0 fully saturated rings. The zero-order valence-corrected chi connectivity index (χ0v) is 16.7. The molecule has 0 saturated carbocycles. The van der Waals surface area contributed by atoms with Crippen molar-refractivity contribution >= 4 is 27.5 Å². The highest BCUT2D eigenvalue weighted by atomic mass is 79.9. The van der Waals surface area contributed by atoms with E-state index in [1.165, 1.54) is 44.5 Å². The van der Waals surface area contributed by atoms with Crippen LogP contribution < -0.4 is 0 Å². The van der Waals surface area contributed by atoms with E-state index in [0.717, 1.165) is 9.50 Å². The fourth-order valence-corrected chi connectivity index (χ4v) is 5.87. The number of halogens is 2. The summed E-state index contributed by atoms with van der Waals surface area (Å²) >= 11 is 10.3. The zero-order valence-electron chi connectivity index (χ0n) is 14.3. The van der Waals surface area contributed by atoms with Crippen molar-refractivity contribution in [1.82, 2.24) is 0 Å². The van der Waals surface area contributed by atoms with Gasteiger partial charge in [0.15, 0.2) is 0 Å². The van der Waals surface area contributed by atoms with Crippen LogP contribution in [0.4, 0.5) is 0 Å². The SMILES string of the molecule is Clc1ccc2c(c1)C1(c3ccccc3-2)c2ccccc2-c2c(Br)cccc21. The summed E-state index contributed by atoms with van der Waals surface area (Å²) in [5, 5.41) is 0.779. The van der Waals surface area contributed by atoms with Crippen LogP contribution in [0, 0.1) is 0 Å². The monoisotopic (exact) mass is 428 g/mol. The van der Waals surface area contributed by atoms with Gasteiger partial charge in [-0.05, 0) is 57.1 Å². The number of rotatable bonds is 0. The van der Waals surface area contributed by atoms with Crippen molar-refractivity contribution < 1.29 is 0 Å². The van der Waals surface area contributed by atoms with E-state index in [-0.39, 0.29) is 5.41 Å². The van der Waals surface area contributed by atoms with E-state index in [2.05, 4.69) is 94.8 Å². The van der Waals surface area contributed by atoms with E-state index in [0.29, 0.717) is 0 Å². The second-order valence-electron chi connectivity index (χ2n) is 7.19. The van der Waals surface area contributed by atoms with Gasteiger partial charge >= 0.3 is 0 Å². The maximum absolute atomic E-state index is 6.50. The summed E-state index contributed by atoms with van der Waals surface area (Å²) in [6.07, 6.45) is 0. The van der Waals surface area contributed by atoms with Gasteiger partial charge in [0, 0.05) is 15.1 Å². The van der Waals surface area contributed by atoms with Crippen molar-refractivity contribution in [2.24, 2.45) is 0 Å². The molecule has 1 unspecified atom stereocenters. The van der Waals surface area contributed by atoms with E-state index in [9.17, 15) is 0 Å². The molecule has 0 nitrogen and oxygen atoms in total. The highest BCUT2D eigenvalue weighted by Gasteiger charge is 2.51. The summed E-state index contributed by atoms with van der Waals surface area (Å²) in [6, 6.07) is 30.4. The Morgan fingerprint density at radius 1 is 0.593 bits per heavy atom. The van der Waals surface area contributed by atoms with Crippen molar-refractivity contribution in [2.45, 2.75) is 5.41 Å². The Labute approximate surface area is 171 Å². The van der Waals surface area contributed by atoms with Crippen molar-refractivity contribution in [3.63, 3.8) is 0 Å². The molecule has 0 N–H and O–H groups in total. The molecule has 2 aliphatic rings. The predicted molar refractivity (Wildman–Crippen MR) is 115 cm³/mol. The molecule has 2 heteroatoms. The number of fused-ring (bicyclic) bond motifs is 10. The third-order valence-corrected chi connectivity index (χ3v) is 6.92. The number of hydrogen-bond acceptors (Lipinski definition) is 0. The zero-order chi connectivity index (χ0) is 18.2. The average molecular weight is 430 g/mol. The van der Waals surface area contributed by atoms with E-state index >= 15 is 0 Å². The number of hydrogen-bond donors (Lipinski definition) is 0. The molecule has 0 bridgehead atoms. The molecule has 6 rings (SSSR count). The molecule has 1 atom stereocenters. The van der Waals surface area contributed by atoms with Crippen molar-refractivity contribution in [3.05, 3.63) is 117 Å². The Balaban J connectivity index is 1.89. The van der Waals surface area contributed by atoms with Crippen molar-refractivity contribution in [1.29, 1.82) is 0 Å². The molecular formula is C25H14BrCl. The topological polar surface area (TPSA) is 0 Å². The maximum Gasteiger partial charge on any atom is 0.0726 e. The summed E-state index contributed by atoms with van der Waals surface area (Å²) in [5.74, 6) is 0. The fourth-order valence-electron chi connectivity index (χ4n) is 5.12. The van der Waals surface area contributed by atoms with Crippen LogP contribution in [0.5, 0.6) is 0 Å². The maximum atomic E-state index is 6.50. The van der Waals surface area contributed by atoms with Crippen LogP contribution in [0.1, 0.15) is 22.3 Å². The van der Waals surface area contributed by atoms with Gasteiger partial charge in [-0.1, -0.05) is 94.3 Å². The molecule has 128 valence electrons. The van der Waals surface area contributed by atoms with Crippen LogP contribution in [0.3, 0.4) is 0 Å². The van der Waals surface area contributed by atoms with Crippen LogP contribution in [0.15, 0.2) is 89.4 Å². The molecule has 2 aliphatic carbocycles. The summed E-state index contributed by atoms with van der Waals surface area (Å²) in [6.45, 7) is 0. The molecule has 0 radical (unpaired) electrons. The van der Waals surface area contributed by atoms with Gasteiger partial charge in [0.25, 0.3) is 0 Å². The highest BCUT2D eigenvalue weighted by Crippen LogP contribution is 2.63. The van der Waals surface area contributed by atoms with Gasteiger partial charge in [-0.2, -0.15) is 0 Å². The Hall–Kier alpha value is -2.35. The Morgan fingerprint density at radius 3 is 2.04 bits per heavy atom. The third kappa shape index (κ3) is 1.79. The van der Waals surface area contributed by atoms with Crippen LogP contribution >= 0.6 is 27.5 Å². The first-order valence-electron chi connectivity index (χ1n) is 9.01. The van der Waals surface area contributed by atoms with Crippen LogP contribution in [0.2, 0.25) is 5.02 Å². The number of benzene rings is 4. The van der Waals surface area contributed by atoms with Gasteiger partial charge in [0.1, 0.15) is 0 Å². The van der Waals surface area contributed by atoms with Gasteiger partial charge in [0.2, 0.25) is 0 Å². The van der Waals surface area contributed by atoms with E-state index < -0.39 is 0 Å². The largest absolute Gasteiger partial charge is 0.0843 e. The molecule has 4 aromatic carbocycles. The lowest BCUT2D eigenvalue weighted by Gasteiger charge is -2.30. The average Bonchev–Trinajstić information content (AvgIpc) is 3.15. The minimum Gasteiger partial charge on any atom is -0.0843 e.